The van der Waals surface area contributed by atoms with Gasteiger partial charge in [0.2, 0.25) is 0 Å². The summed E-state index contributed by atoms with van der Waals surface area (Å²) in [7, 11) is 0. The maximum Gasteiger partial charge on any atom is 0.0584 e. The van der Waals surface area contributed by atoms with E-state index in [1.54, 1.807) is 0 Å². The summed E-state index contributed by atoms with van der Waals surface area (Å²) in [6.45, 7) is 5.67. The Morgan fingerprint density at radius 2 is 1.76 bits per heavy atom. The molecule has 0 bridgehead atoms. The van der Waals surface area contributed by atoms with Crippen molar-refractivity contribution in [2.24, 2.45) is 11.3 Å². The predicted octanol–water partition coefficient (Wildman–Crippen LogP) is 1.93. The third-order valence-corrected chi connectivity index (χ3v) is 3.99. The van der Waals surface area contributed by atoms with Crippen LogP contribution in [-0.4, -0.2) is 36.0 Å². The van der Waals surface area contributed by atoms with Crippen LogP contribution in [0.3, 0.4) is 0 Å². The summed E-state index contributed by atoms with van der Waals surface area (Å²) >= 11 is 0. The minimum atomic E-state index is 0.0721. The molecule has 17 heavy (non-hydrogen) atoms. The first-order valence-electron chi connectivity index (χ1n) is 7.07. The highest BCUT2D eigenvalue weighted by atomic mass is 16.3. The summed E-state index contributed by atoms with van der Waals surface area (Å²) in [6.07, 6.45) is 7.01. The van der Waals surface area contributed by atoms with Gasteiger partial charge >= 0.3 is 0 Å². The second-order valence-electron chi connectivity index (χ2n) is 6.11. The van der Waals surface area contributed by atoms with Crippen molar-refractivity contribution in [3.05, 3.63) is 0 Å². The summed E-state index contributed by atoms with van der Waals surface area (Å²) < 4.78 is 0. The van der Waals surface area contributed by atoms with Crippen LogP contribution in [-0.2, 0) is 0 Å². The molecule has 0 radical (unpaired) electrons. The number of rotatable bonds is 7. The Kier molecular flexibility index (Phi) is 6.45. The Morgan fingerprint density at radius 1 is 1.12 bits per heavy atom. The molecule has 1 aliphatic rings. The second kappa shape index (κ2) is 7.34. The summed E-state index contributed by atoms with van der Waals surface area (Å²) in [5.41, 5.74) is 0.0721. The molecule has 3 heteroatoms. The molecule has 102 valence electrons. The van der Waals surface area contributed by atoms with Gasteiger partial charge in [0.1, 0.15) is 0 Å². The van der Waals surface area contributed by atoms with E-state index in [9.17, 15) is 10.2 Å². The lowest BCUT2D eigenvalue weighted by Gasteiger charge is -2.37. The first-order chi connectivity index (χ1) is 8.12. The maximum absolute atomic E-state index is 9.61. The van der Waals surface area contributed by atoms with Gasteiger partial charge in [0.25, 0.3) is 0 Å². The van der Waals surface area contributed by atoms with Crippen molar-refractivity contribution in [2.75, 3.05) is 19.8 Å². The van der Waals surface area contributed by atoms with Crippen LogP contribution in [0.15, 0.2) is 0 Å². The lowest BCUT2D eigenvalue weighted by molar-refractivity contribution is 0.0735. The third kappa shape index (κ3) is 4.94. The summed E-state index contributed by atoms with van der Waals surface area (Å²) in [6, 6.07) is 0.181. The smallest absolute Gasteiger partial charge is 0.0584 e. The number of aliphatic hydroxyl groups excluding tert-OH is 2. The third-order valence-electron chi connectivity index (χ3n) is 3.99. The van der Waals surface area contributed by atoms with Crippen LogP contribution in [0.4, 0.5) is 0 Å². The molecule has 3 N–H and O–H groups in total. The van der Waals surface area contributed by atoms with Crippen LogP contribution < -0.4 is 5.32 Å². The van der Waals surface area contributed by atoms with E-state index in [2.05, 4.69) is 19.2 Å². The fraction of sp³-hybridized carbons (Fsp3) is 1.00. The monoisotopic (exact) mass is 243 g/mol. The standard InChI is InChI=1S/C14H29NO2/c1-12(2)8-13(9-16)15-10-14(11-17)6-4-3-5-7-14/h12-13,15-17H,3-11H2,1-2H3. The molecule has 1 fully saturated rings. The van der Waals surface area contributed by atoms with Crippen LogP contribution >= 0.6 is 0 Å². The SMILES string of the molecule is CC(C)CC(CO)NCC1(CO)CCCCC1. The zero-order chi connectivity index (χ0) is 12.7. The van der Waals surface area contributed by atoms with E-state index >= 15 is 0 Å². The normalized spacial score (nSPS) is 21.7. The molecule has 0 heterocycles. The Bertz CT molecular complexity index is 200. The number of nitrogens with one attached hydrogen (secondary N) is 1. The van der Waals surface area contributed by atoms with Gasteiger partial charge in [-0.3, -0.25) is 0 Å². The lowest BCUT2D eigenvalue weighted by Crippen LogP contribution is -2.44. The molecular weight excluding hydrogens is 214 g/mol. The number of hydrogen-bond acceptors (Lipinski definition) is 3. The molecule has 3 nitrogen and oxygen atoms in total. The molecule has 0 aliphatic heterocycles. The van der Waals surface area contributed by atoms with Crippen LogP contribution in [0.2, 0.25) is 0 Å². The van der Waals surface area contributed by atoms with Gasteiger partial charge < -0.3 is 15.5 Å². The maximum atomic E-state index is 9.61. The predicted molar refractivity (Wildman–Crippen MR) is 70.9 cm³/mol. The van der Waals surface area contributed by atoms with E-state index in [4.69, 9.17) is 0 Å². The van der Waals surface area contributed by atoms with E-state index in [-0.39, 0.29) is 24.7 Å². The average molecular weight is 243 g/mol. The van der Waals surface area contributed by atoms with Crippen LogP contribution in [0, 0.1) is 11.3 Å². The van der Waals surface area contributed by atoms with Crippen molar-refractivity contribution in [1.82, 2.24) is 5.32 Å². The Morgan fingerprint density at radius 3 is 2.24 bits per heavy atom. The van der Waals surface area contributed by atoms with E-state index in [0.717, 1.165) is 25.8 Å². The van der Waals surface area contributed by atoms with Crippen molar-refractivity contribution in [3.63, 3.8) is 0 Å². The Labute approximate surface area is 106 Å². The quantitative estimate of drug-likeness (QED) is 0.640. The topological polar surface area (TPSA) is 52.5 Å². The largest absolute Gasteiger partial charge is 0.396 e. The highest BCUT2D eigenvalue weighted by molar-refractivity contribution is 4.85. The van der Waals surface area contributed by atoms with Crippen LogP contribution in [0.1, 0.15) is 52.4 Å². The molecule has 0 spiro atoms. The van der Waals surface area contributed by atoms with Crippen molar-refractivity contribution < 1.29 is 10.2 Å². The van der Waals surface area contributed by atoms with E-state index in [1.807, 2.05) is 0 Å². The van der Waals surface area contributed by atoms with Crippen molar-refractivity contribution in [1.29, 1.82) is 0 Å². The van der Waals surface area contributed by atoms with Gasteiger partial charge in [0.15, 0.2) is 0 Å². The fourth-order valence-electron chi connectivity index (χ4n) is 2.84. The molecule has 0 aromatic heterocycles. The molecule has 1 atom stereocenters. The molecule has 1 saturated carbocycles. The van der Waals surface area contributed by atoms with Gasteiger partial charge in [0.05, 0.1) is 6.61 Å². The number of hydrogen-bond donors (Lipinski definition) is 3. The molecule has 1 aliphatic carbocycles. The van der Waals surface area contributed by atoms with Crippen LogP contribution in [0.5, 0.6) is 0 Å². The Balaban J connectivity index is 2.39. The highest BCUT2D eigenvalue weighted by Gasteiger charge is 2.31. The zero-order valence-corrected chi connectivity index (χ0v) is 11.4. The van der Waals surface area contributed by atoms with Gasteiger partial charge in [-0.25, -0.2) is 0 Å². The van der Waals surface area contributed by atoms with Gasteiger partial charge in [-0.15, -0.1) is 0 Å². The lowest BCUT2D eigenvalue weighted by atomic mass is 9.74. The molecular formula is C14H29NO2. The van der Waals surface area contributed by atoms with E-state index in [0.29, 0.717) is 5.92 Å². The van der Waals surface area contributed by atoms with Gasteiger partial charge in [-0.2, -0.15) is 0 Å². The van der Waals surface area contributed by atoms with Gasteiger partial charge in [0, 0.05) is 24.6 Å². The minimum Gasteiger partial charge on any atom is -0.396 e. The second-order valence-corrected chi connectivity index (χ2v) is 6.11. The minimum absolute atomic E-state index is 0.0721. The fourth-order valence-corrected chi connectivity index (χ4v) is 2.84. The highest BCUT2D eigenvalue weighted by Crippen LogP contribution is 2.35. The first-order valence-corrected chi connectivity index (χ1v) is 7.07. The van der Waals surface area contributed by atoms with Gasteiger partial charge in [-0.1, -0.05) is 33.1 Å². The molecule has 0 amide bonds. The van der Waals surface area contributed by atoms with E-state index in [1.165, 1.54) is 19.3 Å². The van der Waals surface area contributed by atoms with Gasteiger partial charge in [-0.05, 0) is 25.2 Å². The summed E-state index contributed by atoms with van der Waals surface area (Å²) in [5.74, 6) is 0.594. The summed E-state index contributed by atoms with van der Waals surface area (Å²) in [5, 5.41) is 22.4. The van der Waals surface area contributed by atoms with Crippen molar-refractivity contribution in [2.45, 2.75) is 58.4 Å². The van der Waals surface area contributed by atoms with Crippen LogP contribution in [0.25, 0.3) is 0 Å². The zero-order valence-electron chi connectivity index (χ0n) is 11.4. The van der Waals surface area contributed by atoms with Crippen molar-refractivity contribution in [3.8, 4) is 0 Å². The number of aliphatic hydroxyl groups is 2. The molecule has 1 unspecified atom stereocenters. The molecule has 0 saturated heterocycles. The first kappa shape index (κ1) is 14.9. The molecule has 0 aromatic rings. The summed E-state index contributed by atoms with van der Waals surface area (Å²) in [4.78, 5) is 0. The van der Waals surface area contributed by atoms with Crippen molar-refractivity contribution >= 4 is 0 Å². The average Bonchev–Trinajstić information content (AvgIpc) is 2.35. The van der Waals surface area contributed by atoms with E-state index < -0.39 is 0 Å². The molecule has 1 rings (SSSR count). The molecule has 0 aromatic carbocycles. The Hall–Kier alpha value is -0.120.